The van der Waals surface area contributed by atoms with E-state index in [-0.39, 0.29) is 11.9 Å². The summed E-state index contributed by atoms with van der Waals surface area (Å²) in [4.78, 5) is 16.7. The minimum absolute atomic E-state index is 0.0335. The van der Waals surface area contributed by atoms with Gasteiger partial charge in [0.05, 0.1) is 10.8 Å². The second-order valence-electron chi connectivity index (χ2n) is 7.57. The maximum Gasteiger partial charge on any atom is 0.230 e. The number of carbonyl (C=O) groups excluding carboxylic acids is 1. The van der Waals surface area contributed by atoms with Crippen molar-refractivity contribution >= 4 is 40.9 Å². The van der Waals surface area contributed by atoms with E-state index in [4.69, 9.17) is 23.2 Å². The van der Waals surface area contributed by atoms with Gasteiger partial charge >= 0.3 is 0 Å². The minimum Gasteiger partial charge on any atom is -0.353 e. The van der Waals surface area contributed by atoms with Gasteiger partial charge in [-0.2, -0.15) is 0 Å². The van der Waals surface area contributed by atoms with E-state index in [1.165, 1.54) is 37.4 Å². The highest BCUT2D eigenvalue weighted by molar-refractivity contribution is 7.99. The van der Waals surface area contributed by atoms with Gasteiger partial charge in [0, 0.05) is 16.6 Å². The molecule has 144 valence electrons. The number of fused-ring (bicyclic) bond motifs is 2. The molecule has 2 aliphatic carbocycles. The van der Waals surface area contributed by atoms with Crippen LogP contribution in [-0.2, 0) is 4.79 Å². The third-order valence-corrected chi connectivity index (χ3v) is 7.20. The highest BCUT2D eigenvalue weighted by Crippen LogP contribution is 2.49. The number of halogens is 2. The summed E-state index contributed by atoms with van der Waals surface area (Å²) in [6.07, 6.45) is 5.33. The predicted molar refractivity (Wildman–Crippen MR) is 109 cm³/mol. The molecule has 4 atom stereocenters. The molecule has 2 saturated carbocycles. The van der Waals surface area contributed by atoms with E-state index in [2.05, 4.69) is 27.4 Å². The van der Waals surface area contributed by atoms with E-state index in [0.29, 0.717) is 32.7 Å². The number of H-pyrrole nitrogens is 1. The van der Waals surface area contributed by atoms with Crippen molar-refractivity contribution in [1.29, 1.82) is 0 Å². The Hall–Kier alpha value is -1.24. The van der Waals surface area contributed by atoms with Crippen molar-refractivity contribution in [3.05, 3.63) is 28.2 Å². The molecule has 0 aliphatic heterocycles. The second kappa shape index (κ2) is 8.02. The number of aromatic amines is 1. The number of carbonyl (C=O) groups is 1. The van der Waals surface area contributed by atoms with E-state index in [1.807, 2.05) is 0 Å². The summed E-state index contributed by atoms with van der Waals surface area (Å²) in [6.45, 7) is 2.14. The molecule has 8 heteroatoms. The van der Waals surface area contributed by atoms with E-state index < -0.39 is 0 Å². The van der Waals surface area contributed by atoms with E-state index >= 15 is 0 Å². The van der Waals surface area contributed by atoms with Crippen molar-refractivity contribution in [2.24, 2.45) is 17.8 Å². The molecule has 2 fully saturated rings. The Labute approximate surface area is 173 Å². The molecule has 1 aromatic heterocycles. The van der Waals surface area contributed by atoms with Crippen molar-refractivity contribution in [2.75, 3.05) is 5.75 Å². The molecule has 1 heterocycles. The number of amides is 1. The van der Waals surface area contributed by atoms with Gasteiger partial charge in [-0.15, -0.1) is 5.10 Å². The summed E-state index contributed by atoms with van der Waals surface area (Å²) in [5.74, 6) is 3.23. The van der Waals surface area contributed by atoms with Gasteiger partial charge < -0.3 is 5.32 Å². The minimum atomic E-state index is 0.0335. The van der Waals surface area contributed by atoms with Gasteiger partial charge in [-0.1, -0.05) is 41.4 Å². The first-order chi connectivity index (χ1) is 13.0. The van der Waals surface area contributed by atoms with Crippen LogP contribution in [-0.4, -0.2) is 32.9 Å². The highest BCUT2D eigenvalue weighted by Gasteiger charge is 2.42. The van der Waals surface area contributed by atoms with Crippen LogP contribution < -0.4 is 5.32 Å². The van der Waals surface area contributed by atoms with Crippen molar-refractivity contribution in [3.63, 3.8) is 0 Å². The van der Waals surface area contributed by atoms with Crippen LogP contribution in [0.5, 0.6) is 0 Å². The molecule has 2 bridgehead atoms. The van der Waals surface area contributed by atoms with Crippen molar-refractivity contribution in [1.82, 2.24) is 20.5 Å². The molecule has 0 unspecified atom stereocenters. The quantitative estimate of drug-likeness (QED) is 0.652. The predicted octanol–water partition coefficient (Wildman–Crippen LogP) is 4.81. The van der Waals surface area contributed by atoms with Crippen LogP contribution in [0, 0.1) is 17.8 Å². The third kappa shape index (κ3) is 4.28. The van der Waals surface area contributed by atoms with Crippen molar-refractivity contribution in [3.8, 4) is 11.4 Å². The van der Waals surface area contributed by atoms with Gasteiger partial charge in [0.2, 0.25) is 11.1 Å². The lowest BCUT2D eigenvalue weighted by Gasteiger charge is -2.28. The number of hydrogen-bond acceptors (Lipinski definition) is 4. The number of aromatic nitrogens is 3. The summed E-state index contributed by atoms with van der Waals surface area (Å²) in [5, 5.41) is 11.8. The first-order valence-electron chi connectivity index (χ1n) is 9.29. The largest absolute Gasteiger partial charge is 0.353 e. The molecular weight excluding hydrogens is 403 g/mol. The summed E-state index contributed by atoms with van der Waals surface area (Å²) in [7, 11) is 0. The zero-order chi connectivity index (χ0) is 19.0. The molecule has 27 heavy (non-hydrogen) atoms. The summed E-state index contributed by atoms with van der Waals surface area (Å²) in [6, 6.07) is 5.45. The normalized spacial score (nSPS) is 24.9. The number of nitrogens with one attached hydrogen (secondary N) is 2. The fourth-order valence-electron chi connectivity index (χ4n) is 4.55. The van der Waals surface area contributed by atoms with Crippen molar-refractivity contribution < 1.29 is 4.79 Å². The zero-order valence-corrected chi connectivity index (χ0v) is 17.4. The monoisotopic (exact) mass is 424 g/mol. The van der Waals surface area contributed by atoms with Gasteiger partial charge in [-0.3, -0.25) is 9.89 Å². The SMILES string of the molecule is C[C@@H](NC(=O)CSc1n[nH]c(-c2ccc(Cl)cc2Cl)n1)[C@H]1C[C@H]2CC[C@H]1C2. The van der Waals surface area contributed by atoms with Crippen molar-refractivity contribution in [2.45, 2.75) is 43.8 Å². The molecule has 0 saturated heterocycles. The Morgan fingerprint density at radius 3 is 2.93 bits per heavy atom. The lowest BCUT2D eigenvalue weighted by molar-refractivity contribution is -0.119. The average molecular weight is 425 g/mol. The third-order valence-electron chi connectivity index (χ3n) is 5.81. The first-order valence-corrected chi connectivity index (χ1v) is 11.0. The Kier molecular flexibility index (Phi) is 5.67. The summed E-state index contributed by atoms with van der Waals surface area (Å²) in [5.41, 5.74) is 0.731. The number of benzene rings is 1. The summed E-state index contributed by atoms with van der Waals surface area (Å²) < 4.78 is 0. The van der Waals surface area contributed by atoms with Crippen LogP contribution in [0.1, 0.15) is 32.6 Å². The lowest BCUT2D eigenvalue weighted by atomic mass is 9.84. The maximum atomic E-state index is 12.3. The smallest absolute Gasteiger partial charge is 0.230 e. The van der Waals surface area contributed by atoms with Crippen LogP contribution in [0.3, 0.4) is 0 Å². The first kappa shape index (κ1) is 19.1. The zero-order valence-electron chi connectivity index (χ0n) is 15.0. The van der Waals surface area contributed by atoms with Crippen LogP contribution in [0.4, 0.5) is 0 Å². The molecule has 4 rings (SSSR count). The van der Waals surface area contributed by atoms with E-state index in [9.17, 15) is 4.79 Å². The van der Waals surface area contributed by atoms with Gasteiger partial charge in [0.25, 0.3) is 0 Å². The highest BCUT2D eigenvalue weighted by atomic mass is 35.5. The fraction of sp³-hybridized carbons (Fsp3) is 0.526. The Morgan fingerprint density at radius 1 is 1.37 bits per heavy atom. The molecular formula is C19H22Cl2N4OS. The number of hydrogen-bond donors (Lipinski definition) is 2. The van der Waals surface area contributed by atoms with Gasteiger partial charge in [-0.25, -0.2) is 4.98 Å². The average Bonchev–Trinajstić information content (AvgIpc) is 3.36. The number of rotatable bonds is 6. The molecule has 0 spiro atoms. The Morgan fingerprint density at radius 2 is 2.22 bits per heavy atom. The van der Waals surface area contributed by atoms with Crippen LogP contribution >= 0.6 is 35.0 Å². The van der Waals surface area contributed by atoms with E-state index in [1.54, 1.807) is 18.2 Å². The van der Waals surface area contributed by atoms with Gasteiger partial charge in [0.1, 0.15) is 0 Å². The van der Waals surface area contributed by atoms with Crippen LogP contribution in [0.15, 0.2) is 23.4 Å². The second-order valence-corrected chi connectivity index (χ2v) is 9.36. The van der Waals surface area contributed by atoms with Gasteiger partial charge in [-0.05, 0) is 62.1 Å². The summed E-state index contributed by atoms with van der Waals surface area (Å²) >= 11 is 13.4. The Bertz CT molecular complexity index is 843. The standard InChI is InChI=1S/C19H22Cl2N4OS/c1-10(15-7-11-2-3-12(15)6-11)22-17(26)9-27-19-23-18(24-25-19)14-5-4-13(20)8-16(14)21/h4-5,8,10-12,15H,2-3,6-7,9H2,1H3,(H,22,26)(H,23,24,25)/t10-,11+,12+,15-/m1/s1. The van der Waals surface area contributed by atoms with Crippen LogP contribution in [0.25, 0.3) is 11.4 Å². The molecule has 5 nitrogen and oxygen atoms in total. The number of thioether (sulfide) groups is 1. The van der Waals surface area contributed by atoms with Crippen LogP contribution in [0.2, 0.25) is 10.0 Å². The molecule has 1 amide bonds. The Balaban J connectivity index is 1.30. The topological polar surface area (TPSA) is 70.7 Å². The molecule has 0 radical (unpaired) electrons. The van der Waals surface area contributed by atoms with Gasteiger partial charge in [0.15, 0.2) is 5.82 Å². The van der Waals surface area contributed by atoms with E-state index in [0.717, 1.165) is 17.4 Å². The molecule has 1 aromatic carbocycles. The number of nitrogens with zero attached hydrogens (tertiary/aromatic N) is 2. The maximum absolute atomic E-state index is 12.3. The molecule has 2 aromatic rings. The molecule has 2 N–H and O–H groups in total. The lowest BCUT2D eigenvalue weighted by Crippen LogP contribution is -2.40. The molecule has 2 aliphatic rings. The fourth-order valence-corrected chi connectivity index (χ4v) is 5.66.